The Morgan fingerprint density at radius 2 is 0.881 bits per heavy atom. The Labute approximate surface area is 379 Å². The molecule has 4 atom stereocenters. The summed E-state index contributed by atoms with van der Waals surface area (Å²) in [5, 5.41) is 0. The number of carbonyl (C=O) groups excluding carboxylic acids is 3. The zero-order valence-corrected chi connectivity index (χ0v) is 35.9. The third kappa shape index (κ3) is 10.9. The van der Waals surface area contributed by atoms with Gasteiger partial charge in [-0.3, -0.25) is 0 Å². The fourth-order valence-corrected chi connectivity index (χ4v) is 7.27. The number of alkyl halides is 9. The van der Waals surface area contributed by atoms with E-state index in [0.717, 1.165) is 60.2 Å². The Balaban J connectivity index is 1.56. The van der Waals surface area contributed by atoms with Crippen molar-refractivity contribution in [3.05, 3.63) is 173 Å². The molecule has 356 valence electrons. The van der Waals surface area contributed by atoms with Crippen LogP contribution in [0, 0.1) is 0 Å². The van der Waals surface area contributed by atoms with Crippen LogP contribution >= 0.6 is 0 Å². The molecule has 0 unspecified atom stereocenters. The molecule has 0 fully saturated rings. The molecule has 67 heavy (non-hydrogen) atoms. The van der Waals surface area contributed by atoms with Gasteiger partial charge in [0.05, 0.1) is 0 Å². The normalized spacial score (nSPS) is 15.4. The van der Waals surface area contributed by atoms with Crippen LogP contribution in [0.5, 0.6) is 11.5 Å². The first kappa shape index (κ1) is 51.5. The van der Waals surface area contributed by atoms with E-state index in [1.807, 2.05) is 0 Å². The molecule has 0 saturated heterocycles. The summed E-state index contributed by atoms with van der Waals surface area (Å²) in [5.74, 6) is -8.07. The summed E-state index contributed by atoms with van der Waals surface area (Å²) in [6.45, 7) is 0. The Bertz CT molecular complexity index is 2450. The third-order valence-electron chi connectivity index (χ3n) is 10.7. The van der Waals surface area contributed by atoms with E-state index < -0.39 is 87.5 Å². The van der Waals surface area contributed by atoms with Gasteiger partial charge >= 0.3 is 36.4 Å². The quantitative estimate of drug-likeness (QED) is 0.0454. The number of hydrogen-bond acceptors (Lipinski definition) is 9. The molecule has 5 rings (SSSR count). The second-order valence-electron chi connectivity index (χ2n) is 14.8. The van der Waals surface area contributed by atoms with E-state index in [1.165, 1.54) is 54.6 Å². The first-order chi connectivity index (χ1) is 31.7. The molecule has 18 heteroatoms. The van der Waals surface area contributed by atoms with Gasteiger partial charge in [0.25, 0.3) is 16.8 Å². The number of benzene rings is 5. The molecule has 5 aromatic carbocycles. The number of halogens is 9. The highest BCUT2D eigenvalue weighted by atomic mass is 19.4. The minimum absolute atomic E-state index is 0.0204. The van der Waals surface area contributed by atoms with Gasteiger partial charge in [0.1, 0.15) is 6.10 Å². The Morgan fingerprint density at radius 3 is 1.28 bits per heavy atom. The molecular formula is C49H43F9O9. The lowest BCUT2D eigenvalue weighted by molar-refractivity contribution is -0.278. The van der Waals surface area contributed by atoms with Gasteiger partial charge in [0.2, 0.25) is 0 Å². The number of ether oxygens (including phenoxy) is 6. The first-order valence-electron chi connectivity index (χ1n) is 20.2. The van der Waals surface area contributed by atoms with E-state index in [2.05, 4.69) is 0 Å². The van der Waals surface area contributed by atoms with Gasteiger partial charge in [-0.2, -0.15) is 39.5 Å². The summed E-state index contributed by atoms with van der Waals surface area (Å²) in [6, 6.07) is 28.9. The highest BCUT2D eigenvalue weighted by Gasteiger charge is 2.66. The second kappa shape index (κ2) is 21.4. The van der Waals surface area contributed by atoms with Crippen molar-refractivity contribution in [2.24, 2.45) is 0 Å². The van der Waals surface area contributed by atoms with Gasteiger partial charge in [-0.05, 0) is 48.9 Å². The van der Waals surface area contributed by atoms with Gasteiger partial charge in [0.15, 0.2) is 11.5 Å². The lowest BCUT2D eigenvalue weighted by atomic mass is 9.92. The second-order valence-corrected chi connectivity index (χ2v) is 14.8. The molecule has 0 spiro atoms. The molecule has 0 aliphatic heterocycles. The van der Waals surface area contributed by atoms with Crippen molar-refractivity contribution in [1.29, 1.82) is 0 Å². The van der Waals surface area contributed by atoms with Crippen molar-refractivity contribution in [3.8, 4) is 11.5 Å². The van der Waals surface area contributed by atoms with Crippen LogP contribution in [0.4, 0.5) is 39.5 Å². The largest absolute Gasteiger partial charge is 0.460 e. The lowest BCUT2D eigenvalue weighted by Gasteiger charge is -2.34. The molecule has 5 aromatic rings. The number of aryl methyl sites for hydroxylation is 1. The van der Waals surface area contributed by atoms with Crippen LogP contribution < -0.4 is 9.47 Å². The zero-order valence-electron chi connectivity index (χ0n) is 35.9. The van der Waals surface area contributed by atoms with E-state index in [4.69, 9.17) is 28.4 Å². The maximum absolute atomic E-state index is 15.0. The maximum atomic E-state index is 15.0. The van der Waals surface area contributed by atoms with Crippen LogP contribution in [0.1, 0.15) is 47.1 Å². The SMILES string of the molecule is CO[C@@](C(=O)Oc1ccc(CC[C@H](CC/C=C/c2ccccc2)OC(=O)[C@](OC)(c2ccccc2)C(F)(F)F)cc1OC(=O)[C@](OC)(c1ccccc1)C(F)(F)F)(c1ccccc1)C(F)(F)F. The van der Waals surface area contributed by atoms with Gasteiger partial charge < -0.3 is 28.4 Å². The van der Waals surface area contributed by atoms with Crippen LogP contribution in [0.15, 0.2) is 146 Å². The molecule has 0 radical (unpaired) electrons. The summed E-state index contributed by atoms with van der Waals surface area (Å²) in [4.78, 5) is 41.4. The Hall–Kier alpha value is -6.50. The summed E-state index contributed by atoms with van der Waals surface area (Å²) >= 11 is 0. The van der Waals surface area contributed by atoms with Gasteiger partial charge in [-0.15, -0.1) is 0 Å². The topological polar surface area (TPSA) is 107 Å². The molecule has 0 aromatic heterocycles. The highest BCUT2D eigenvalue weighted by molar-refractivity contribution is 5.87. The number of esters is 3. The number of allylic oxidation sites excluding steroid dienone is 1. The smallest absolute Gasteiger partial charge is 0.432 e. The van der Waals surface area contributed by atoms with Crippen molar-refractivity contribution in [1.82, 2.24) is 0 Å². The molecular weight excluding hydrogens is 904 g/mol. The summed E-state index contributed by atoms with van der Waals surface area (Å²) < 4.78 is 165. The molecule has 9 nitrogen and oxygen atoms in total. The molecule has 0 aliphatic carbocycles. The lowest BCUT2D eigenvalue weighted by Crippen LogP contribution is -2.53. The van der Waals surface area contributed by atoms with Crippen LogP contribution in [0.3, 0.4) is 0 Å². The number of hydrogen-bond donors (Lipinski definition) is 0. The minimum Gasteiger partial charge on any atom is -0.460 e. The first-order valence-corrected chi connectivity index (χ1v) is 20.2. The van der Waals surface area contributed by atoms with E-state index in [9.17, 15) is 53.9 Å². The molecule has 0 aliphatic rings. The predicted octanol–water partition coefficient (Wildman–Crippen LogP) is 11.1. The monoisotopic (exact) mass is 946 g/mol. The Morgan fingerprint density at radius 1 is 0.493 bits per heavy atom. The van der Waals surface area contributed by atoms with Crippen LogP contribution in [-0.4, -0.2) is 63.9 Å². The third-order valence-corrected chi connectivity index (χ3v) is 10.7. The summed E-state index contributed by atoms with van der Waals surface area (Å²) in [7, 11) is 1.84. The minimum atomic E-state index is -5.52. The average molecular weight is 947 g/mol. The van der Waals surface area contributed by atoms with E-state index in [1.54, 1.807) is 42.5 Å². The molecule has 0 saturated carbocycles. The van der Waals surface area contributed by atoms with Crippen molar-refractivity contribution in [3.63, 3.8) is 0 Å². The van der Waals surface area contributed by atoms with Crippen molar-refractivity contribution in [2.45, 2.75) is 67.1 Å². The van der Waals surface area contributed by atoms with E-state index in [0.29, 0.717) is 21.3 Å². The van der Waals surface area contributed by atoms with E-state index in [-0.39, 0.29) is 31.2 Å². The number of rotatable bonds is 19. The summed E-state index contributed by atoms with van der Waals surface area (Å²) in [6.07, 6.45) is -14.7. The van der Waals surface area contributed by atoms with Crippen molar-refractivity contribution >= 4 is 24.0 Å². The molecule has 0 bridgehead atoms. The van der Waals surface area contributed by atoms with Crippen molar-refractivity contribution in [2.75, 3.05) is 21.3 Å². The number of methoxy groups -OCH3 is 3. The van der Waals surface area contributed by atoms with Gasteiger partial charge in [0, 0.05) is 38.0 Å². The maximum Gasteiger partial charge on any atom is 0.432 e. The average Bonchev–Trinajstić information content (AvgIpc) is 3.29. The number of carbonyl (C=O) groups is 3. The zero-order chi connectivity index (χ0) is 49.1. The van der Waals surface area contributed by atoms with E-state index >= 15 is 0 Å². The standard InChI is InChI=1S/C49H43F9O9/c1-62-44(47(50,51)52,35-21-10-5-11-22-35)41(59)65-38(27-17-16-20-33-18-8-4-9-19-33)30-28-34-29-31-39(66-42(60)45(63-2,48(53,54)55)36-23-12-6-13-24-36)40(32-34)67-43(61)46(64-3,49(56,57)58)37-25-14-7-15-26-37/h4-16,18-26,29,31-32,38H,17,27-28,30H2,1-3H3/b20-16+/t38-,44+,45+,46+/m0/s1. The van der Waals surface area contributed by atoms with Gasteiger partial charge in [-0.1, -0.05) is 140 Å². The van der Waals surface area contributed by atoms with Crippen LogP contribution in [0.2, 0.25) is 0 Å². The molecule has 0 heterocycles. The fourth-order valence-electron chi connectivity index (χ4n) is 7.27. The highest BCUT2D eigenvalue weighted by Crippen LogP contribution is 2.47. The predicted molar refractivity (Wildman–Crippen MR) is 224 cm³/mol. The Kier molecular flexibility index (Phi) is 16.5. The van der Waals surface area contributed by atoms with Gasteiger partial charge in [-0.25, -0.2) is 14.4 Å². The fraction of sp³-hybridized carbons (Fsp3) is 0.286. The van der Waals surface area contributed by atoms with Crippen LogP contribution in [0.25, 0.3) is 6.08 Å². The molecule has 0 N–H and O–H groups in total. The summed E-state index contributed by atoms with van der Waals surface area (Å²) in [5.41, 5.74) is -12.5. The molecule has 0 amide bonds. The van der Waals surface area contributed by atoms with Crippen molar-refractivity contribution < 1.29 is 82.3 Å². The van der Waals surface area contributed by atoms with Crippen LogP contribution in [-0.2, 0) is 56.6 Å².